The Morgan fingerprint density at radius 1 is 1.33 bits per heavy atom. The van der Waals surface area contributed by atoms with Crippen molar-refractivity contribution < 1.29 is 14.6 Å². The van der Waals surface area contributed by atoms with Crippen LogP contribution in [0.1, 0.15) is 25.8 Å². The van der Waals surface area contributed by atoms with Crippen LogP contribution in [0.2, 0.25) is 0 Å². The van der Waals surface area contributed by atoms with Crippen LogP contribution in [-0.2, 0) is 4.79 Å². The van der Waals surface area contributed by atoms with E-state index in [2.05, 4.69) is 5.32 Å². The topological polar surface area (TPSA) is 58.6 Å². The molecule has 0 unspecified atom stereocenters. The molecule has 0 aromatic heterocycles. The standard InChI is InChI=1S/C14H21NO3/c1-11-4-6-12(7-5-11)18-10-13(17)15-14(2,3)8-9-16/h4-7,16H,8-10H2,1-3H3,(H,15,17). The fourth-order valence-electron chi connectivity index (χ4n) is 1.54. The molecule has 100 valence electrons. The Labute approximate surface area is 108 Å². The van der Waals surface area contributed by atoms with Gasteiger partial charge in [-0.2, -0.15) is 0 Å². The number of ether oxygens (including phenoxy) is 1. The van der Waals surface area contributed by atoms with E-state index in [-0.39, 0.29) is 19.1 Å². The molecule has 0 bridgehead atoms. The molecule has 0 aliphatic heterocycles. The van der Waals surface area contributed by atoms with E-state index >= 15 is 0 Å². The van der Waals surface area contributed by atoms with Crippen LogP contribution in [0.5, 0.6) is 5.75 Å². The number of amides is 1. The number of nitrogens with one attached hydrogen (secondary N) is 1. The molecule has 2 N–H and O–H groups in total. The Morgan fingerprint density at radius 2 is 1.94 bits per heavy atom. The summed E-state index contributed by atoms with van der Waals surface area (Å²) in [7, 11) is 0. The highest BCUT2D eigenvalue weighted by Gasteiger charge is 2.19. The van der Waals surface area contributed by atoms with Gasteiger partial charge in [0.05, 0.1) is 0 Å². The number of hydrogen-bond acceptors (Lipinski definition) is 3. The smallest absolute Gasteiger partial charge is 0.258 e. The van der Waals surface area contributed by atoms with Crippen LogP contribution in [0.15, 0.2) is 24.3 Å². The van der Waals surface area contributed by atoms with E-state index in [9.17, 15) is 4.79 Å². The minimum atomic E-state index is -0.414. The van der Waals surface area contributed by atoms with E-state index in [4.69, 9.17) is 9.84 Å². The Balaban J connectivity index is 2.39. The van der Waals surface area contributed by atoms with Gasteiger partial charge in [-0.25, -0.2) is 0 Å². The van der Waals surface area contributed by atoms with Gasteiger partial charge in [-0.3, -0.25) is 4.79 Å². The molecule has 0 saturated heterocycles. The molecule has 0 heterocycles. The predicted molar refractivity (Wildman–Crippen MR) is 70.6 cm³/mol. The van der Waals surface area contributed by atoms with E-state index in [0.717, 1.165) is 5.56 Å². The first-order chi connectivity index (χ1) is 8.43. The Kier molecular flexibility index (Phi) is 5.16. The van der Waals surface area contributed by atoms with E-state index < -0.39 is 5.54 Å². The van der Waals surface area contributed by atoms with Crippen molar-refractivity contribution >= 4 is 5.91 Å². The van der Waals surface area contributed by atoms with Crippen molar-refractivity contribution in [3.8, 4) is 5.75 Å². The molecule has 1 aromatic rings. The van der Waals surface area contributed by atoms with Crippen LogP contribution in [0, 0.1) is 6.92 Å². The van der Waals surface area contributed by atoms with Crippen molar-refractivity contribution in [3.05, 3.63) is 29.8 Å². The molecule has 1 aromatic carbocycles. The van der Waals surface area contributed by atoms with E-state index in [1.165, 1.54) is 0 Å². The van der Waals surface area contributed by atoms with Gasteiger partial charge >= 0.3 is 0 Å². The molecule has 0 aliphatic carbocycles. The Morgan fingerprint density at radius 3 is 2.50 bits per heavy atom. The summed E-state index contributed by atoms with van der Waals surface area (Å²) in [5, 5.41) is 11.7. The SMILES string of the molecule is Cc1ccc(OCC(=O)NC(C)(C)CCO)cc1. The first-order valence-corrected chi connectivity index (χ1v) is 6.04. The molecule has 18 heavy (non-hydrogen) atoms. The fourth-order valence-corrected chi connectivity index (χ4v) is 1.54. The Hall–Kier alpha value is -1.55. The molecule has 4 nitrogen and oxygen atoms in total. The van der Waals surface area contributed by atoms with Gasteiger partial charge in [0.15, 0.2) is 6.61 Å². The van der Waals surface area contributed by atoms with Crippen LogP contribution in [-0.4, -0.2) is 29.8 Å². The molecule has 0 fully saturated rings. The molecule has 1 amide bonds. The lowest BCUT2D eigenvalue weighted by molar-refractivity contribution is -0.124. The van der Waals surface area contributed by atoms with Gasteiger partial charge in [0.1, 0.15) is 5.75 Å². The second-order valence-electron chi connectivity index (χ2n) is 5.01. The molecular weight excluding hydrogens is 230 g/mol. The quantitative estimate of drug-likeness (QED) is 0.808. The summed E-state index contributed by atoms with van der Waals surface area (Å²) in [6.07, 6.45) is 0.517. The summed E-state index contributed by atoms with van der Waals surface area (Å²) in [5.74, 6) is 0.490. The van der Waals surface area contributed by atoms with E-state index in [0.29, 0.717) is 12.2 Å². The minimum Gasteiger partial charge on any atom is -0.484 e. The molecule has 1 rings (SSSR count). The van der Waals surface area contributed by atoms with Crippen LogP contribution in [0.3, 0.4) is 0 Å². The van der Waals surface area contributed by atoms with Crippen LogP contribution in [0.4, 0.5) is 0 Å². The number of benzene rings is 1. The largest absolute Gasteiger partial charge is 0.484 e. The average Bonchev–Trinajstić information content (AvgIpc) is 2.27. The highest BCUT2D eigenvalue weighted by atomic mass is 16.5. The molecule has 0 radical (unpaired) electrons. The maximum atomic E-state index is 11.7. The normalized spacial score (nSPS) is 11.1. The number of carbonyl (C=O) groups excluding carboxylic acids is 1. The Bertz CT molecular complexity index is 385. The second kappa shape index (κ2) is 6.40. The first kappa shape index (κ1) is 14.5. The number of hydrogen-bond donors (Lipinski definition) is 2. The zero-order valence-corrected chi connectivity index (χ0v) is 11.2. The third-order valence-electron chi connectivity index (χ3n) is 2.61. The number of rotatable bonds is 6. The van der Waals surface area contributed by atoms with E-state index in [1.54, 1.807) is 0 Å². The van der Waals surface area contributed by atoms with Gasteiger partial charge in [-0.05, 0) is 39.3 Å². The summed E-state index contributed by atoms with van der Waals surface area (Å²) in [5.41, 5.74) is 0.735. The monoisotopic (exact) mass is 251 g/mol. The highest BCUT2D eigenvalue weighted by molar-refractivity contribution is 5.78. The van der Waals surface area contributed by atoms with Gasteiger partial charge in [0, 0.05) is 12.1 Å². The zero-order chi connectivity index (χ0) is 13.6. The third kappa shape index (κ3) is 5.19. The highest BCUT2D eigenvalue weighted by Crippen LogP contribution is 2.11. The van der Waals surface area contributed by atoms with E-state index in [1.807, 2.05) is 45.0 Å². The molecule has 4 heteroatoms. The van der Waals surface area contributed by atoms with Crippen LogP contribution >= 0.6 is 0 Å². The molecule has 0 atom stereocenters. The van der Waals surface area contributed by atoms with Crippen molar-refractivity contribution in [2.45, 2.75) is 32.7 Å². The average molecular weight is 251 g/mol. The summed E-state index contributed by atoms with van der Waals surface area (Å²) in [4.78, 5) is 11.7. The maximum absolute atomic E-state index is 11.7. The third-order valence-corrected chi connectivity index (χ3v) is 2.61. The van der Waals surface area contributed by atoms with Gasteiger partial charge in [-0.15, -0.1) is 0 Å². The molecule has 0 saturated carbocycles. The second-order valence-corrected chi connectivity index (χ2v) is 5.01. The lowest BCUT2D eigenvalue weighted by Crippen LogP contribution is -2.46. The van der Waals surface area contributed by atoms with Crippen LogP contribution in [0.25, 0.3) is 0 Å². The molecular formula is C14H21NO3. The van der Waals surface area contributed by atoms with Gasteiger partial charge in [-0.1, -0.05) is 17.7 Å². The summed E-state index contributed by atoms with van der Waals surface area (Å²) in [6, 6.07) is 7.54. The summed E-state index contributed by atoms with van der Waals surface area (Å²) >= 11 is 0. The molecule has 0 aliphatic rings. The van der Waals surface area contributed by atoms with Crippen molar-refractivity contribution in [1.82, 2.24) is 5.32 Å². The predicted octanol–water partition coefficient (Wildman–Crippen LogP) is 1.65. The van der Waals surface area contributed by atoms with Crippen molar-refractivity contribution in [1.29, 1.82) is 0 Å². The van der Waals surface area contributed by atoms with Gasteiger partial charge < -0.3 is 15.2 Å². The molecule has 0 spiro atoms. The van der Waals surface area contributed by atoms with Gasteiger partial charge in [0.2, 0.25) is 0 Å². The summed E-state index contributed by atoms with van der Waals surface area (Å²) < 4.78 is 5.37. The van der Waals surface area contributed by atoms with Crippen molar-refractivity contribution in [2.75, 3.05) is 13.2 Å². The minimum absolute atomic E-state index is 0.0160. The first-order valence-electron chi connectivity index (χ1n) is 6.04. The fraction of sp³-hybridized carbons (Fsp3) is 0.500. The number of aliphatic hydroxyl groups excluding tert-OH is 1. The summed E-state index contributed by atoms with van der Waals surface area (Å²) in [6.45, 7) is 5.76. The number of carbonyl (C=O) groups is 1. The maximum Gasteiger partial charge on any atom is 0.258 e. The lowest BCUT2D eigenvalue weighted by Gasteiger charge is -2.25. The lowest BCUT2D eigenvalue weighted by atomic mass is 10.0. The zero-order valence-electron chi connectivity index (χ0n) is 11.2. The van der Waals surface area contributed by atoms with Gasteiger partial charge in [0.25, 0.3) is 5.91 Å². The van der Waals surface area contributed by atoms with Crippen molar-refractivity contribution in [2.24, 2.45) is 0 Å². The van der Waals surface area contributed by atoms with Crippen LogP contribution < -0.4 is 10.1 Å². The number of aliphatic hydroxyl groups is 1. The number of aryl methyl sites for hydroxylation is 1. The van der Waals surface area contributed by atoms with Crippen molar-refractivity contribution in [3.63, 3.8) is 0 Å².